The molecule has 1 unspecified atom stereocenters. The Morgan fingerprint density at radius 2 is 1.83 bits per heavy atom. The molecule has 162 valence electrons. The highest BCUT2D eigenvalue weighted by Gasteiger charge is 2.23. The van der Waals surface area contributed by atoms with Crippen LogP contribution in [0.5, 0.6) is 0 Å². The maximum atomic E-state index is 5.22. The Balaban J connectivity index is 1.31. The van der Waals surface area contributed by atoms with Crippen LogP contribution in [0.25, 0.3) is 11.5 Å². The van der Waals surface area contributed by atoms with E-state index in [1.165, 1.54) is 12.8 Å². The maximum Gasteiger partial charge on any atom is 0.180 e. The van der Waals surface area contributed by atoms with E-state index in [9.17, 15) is 0 Å². The highest BCUT2D eigenvalue weighted by Crippen LogP contribution is 2.29. The summed E-state index contributed by atoms with van der Waals surface area (Å²) in [5.74, 6) is 3.12. The minimum absolute atomic E-state index is 0.392. The lowest BCUT2D eigenvalue weighted by molar-refractivity contribution is 0.161. The Morgan fingerprint density at radius 3 is 2.60 bits per heavy atom. The van der Waals surface area contributed by atoms with Gasteiger partial charge < -0.3 is 20.7 Å². The monoisotopic (exact) mass is 411 g/mol. The zero-order valence-electron chi connectivity index (χ0n) is 18.0. The fraction of sp³-hybridized carbons (Fsp3) is 0.636. The van der Waals surface area contributed by atoms with Crippen molar-refractivity contribution in [3.8, 4) is 11.5 Å². The number of anilines is 2. The van der Waals surface area contributed by atoms with Gasteiger partial charge in [0.2, 0.25) is 0 Å². The van der Waals surface area contributed by atoms with E-state index in [4.69, 9.17) is 4.74 Å². The van der Waals surface area contributed by atoms with E-state index in [-0.39, 0.29) is 0 Å². The topological polar surface area (TPSA) is 96.9 Å². The van der Waals surface area contributed by atoms with Crippen LogP contribution in [0.15, 0.2) is 24.7 Å². The van der Waals surface area contributed by atoms with Gasteiger partial charge in [-0.3, -0.25) is 0 Å². The third-order valence-electron chi connectivity index (χ3n) is 5.84. The van der Waals surface area contributed by atoms with Crippen molar-refractivity contribution in [1.82, 2.24) is 25.3 Å². The summed E-state index contributed by atoms with van der Waals surface area (Å²) in [4.78, 5) is 17.8. The molecule has 4 rings (SSSR count). The van der Waals surface area contributed by atoms with Crippen LogP contribution in [-0.2, 0) is 4.74 Å². The van der Waals surface area contributed by atoms with Crippen LogP contribution in [0.3, 0.4) is 0 Å². The van der Waals surface area contributed by atoms with Crippen LogP contribution < -0.4 is 16.0 Å². The number of hydrogen-bond acceptors (Lipinski definition) is 8. The van der Waals surface area contributed by atoms with Gasteiger partial charge in [-0.15, -0.1) is 0 Å². The molecule has 0 saturated heterocycles. The third-order valence-corrected chi connectivity index (χ3v) is 5.84. The number of methoxy groups -OCH3 is 1. The van der Waals surface area contributed by atoms with Gasteiger partial charge >= 0.3 is 0 Å². The fourth-order valence-electron chi connectivity index (χ4n) is 4.02. The minimum Gasteiger partial charge on any atom is -0.383 e. The molecule has 2 saturated carbocycles. The Morgan fingerprint density at radius 1 is 1.03 bits per heavy atom. The van der Waals surface area contributed by atoms with E-state index >= 15 is 0 Å². The van der Waals surface area contributed by atoms with Gasteiger partial charge in [0.15, 0.2) is 5.82 Å². The summed E-state index contributed by atoms with van der Waals surface area (Å²) in [6.45, 7) is 3.91. The van der Waals surface area contributed by atoms with Crippen molar-refractivity contribution in [3.05, 3.63) is 24.7 Å². The first kappa shape index (κ1) is 20.9. The molecule has 2 aliphatic carbocycles. The summed E-state index contributed by atoms with van der Waals surface area (Å²) in [6, 6.07) is 5.24. The van der Waals surface area contributed by atoms with Crippen LogP contribution in [0.1, 0.15) is 45.4 Å². The summed E-state index contributed by atoms with van der Waals surface area (Å²) in [5, 5.41) is 10.6. The molecule has 0 aromatic carbocycles. The lowest BCUT2D eigenvalue weighted by Crippen LogP contribution is -2.42. The second-order valence-corrected chi connectivity index (χ2v) is 8.59. The largest absolute Gasteiger partial charge is 0.383 e. The van der Waals surface area contributed by atoms with Gasteiger partial charge in [0.05, 0.1) is 6.61 Å². The average molecular weight is 412 g/mol. The summed E-state index contributed by atoms with van der Waals surface area (Å²) >= 11 is 0. The Labute approximate surface area is 178 Å². The summed E-state index contributed by atoms with van der Waals surface area (Å²) in [7, 11) is 1.75. The number of nitrogens with one attached hydrogen (secondary N) is 3. The second kappa shape index (κ2) is 10.1. The molecular weight excluding hydrogens is 378 g/mol. The van der Waals surface area contributed by atoms with Crippen molar-refractivity contribution < 1.29 is 4.74 Å². The number of aromatic nitrogens is 4. The summed E-state index contributed by atoms with van der Waals surface area (Å²) in [6.07, 6.45) is 10.5. The standard InChI is InChI=1S/C22H33N7O/c1-15(13-30-2)27-17-5-7-18(8-6-17)28-21-11-19(25-14-26-21)22-23-10-9-20(29-22)24-12-16-3-4-16/h9-11,14-18,27H,3-8,12-13H2,1-2H3,(H,23,24,29)(H,25,26,28). The van der Waals surface area contributed by atoms with Gasteiger partial charge in [0.25, 0.3) is 0 Å². The van der Waals surface area contributed by atoms with Gasteiger partial charge in [-0.2, -0.15) is 0 Å². The van der Waals surface area contributed by atoms with Crippen molar-refractivity contribution in [2.75, 3.05) is 30.9 Å². The predicted octanol–water partition coefficient (Wildman–Crippen LogP) is 3.10. The van der Waals surface area contributed by atoms with Crippen LogP contribution in [0.4, 0.5) is 11.6 Å². The Hall–Kier alpha value is -2.32. The molecule has 1 atom stereocenters. The first-order valence-electron chi connectivity index (χ1n) is 11.1. The Bertz CT molecular complexity index is 806. The number of ether oxygens (including phenoxy) is 1. The van der Waals surface area contributed by atoms with Gasteiger partial charge in [0, 0.05) is 44.0 Å². The van der Waals surface area contributed by atoms with E-state index in [1.807, 2.05) is 12.1 Å². The van der Waals surface area contributed by atoms with Crippen molar-refractivity contribution in [2.45, 2.75) is 63.6 Å². The van der Waals surface area contributed by atoms with Gasteiger partial charge in [-0.05, 0) is 57.4 Å². The normalized spacial score (nSPS) is 22.5. The molecular formula is C22H33N7O. The Kier molecular flexibility index (Phi) is 7.07. The maximum absolute atomic E-state index is 5.22. The average Bonchev–Trinajstić information content (AvgIpc) is 3.59. The molecule has 2 aromatic heterocycles. The lowest BCUT2D eigenvalue weighted by Gasteiger charge is -2.31. The van der Waals surface area contributed by atoms with Gasteiger partial charge in [0.1, 0.15) is 23.7 Å². The van der Waals surface area contributed by atoms with E-state index in [2.05, 4.69) is 42.8 Å². The highest BCUT2D eigenvalue weighted by atomic mass is 16.5. The molecule has 0 amide bonds. The molecule has 3 N–H and O–H groups in total. The predicted molar refractivity (Wildman–Crippen MR) is 118 cm³/mol. The molecule has 0 aliphatic heterocycles. The highest BCUT2D eigenvalue weighted by molar-refractivity contribution is 5.56. The van der Waals surface area contributed by atoms with Crippen LogP contribution in [0, 0.1) is 5.92 Å². The lowest BCUT2D eigenvalue weighted by atomic mass is 9.90. The zero-order chi connectivity index (χ0) is 20.8. The van der Waals surface area contributed by atoms with Crippen LogP contribution in [0.2, 0.25) is 0 Å². The SMILES string of the molecule is COCC(C)NC1CCC(Nc2cc(-c3nccc(NCC4CC4)n3)ncn2)CC1. The van der Waals surface area contributed by atoms with Crippen molar-refractivity contribution in [2.24, 2.45) is 5.92 Å². The smallest absolute Gasteiger partial charge is 0.180 e. The second-order valence-electron chi connectivity index (χ2n) is 8.59. The molecule has 30 heavy (non-hydrogen) atoms. The van der Waals surface area contributed by atoms with Crippen molar-refractivity contribution in [1.29, 1.82) is 0 Å². The fourth-order valence-corrected chi connectivity index (χ4v) is 4.02. The van der Waals surface area contributed by atoms with E-state index in [0.717, 1.165) is 62.1 Å². The van der Waals surface area contributed by atoms with Crippen molar-refractivity contribution >= 4 is 11.6 Å². The third kappa shape index (κ3) is 6.09. The molecule has 0 bridgehead atoms. The zero-order valence-corrected chi connectivity index (χ0v) is 18.0. The van der Waals surface area contributed by atoms with Gasteiger partial charge in [-0.1, -0.05) is 0 Å². The number of hydrogen-bond donors (Lipinski definition) is 3. The molecule has 2 fully saturated rings. The minimum atomic E-state index is 0.392. The summed E-state index contributed by atoms with van der Waals surface area (Å²) in [5.41, 5.74) is 0.742. The molecule has 0 radical (unpaired) electrons. The summed E-state index contributed by atoms with van der Waals surface area (Å²) < 4.78 is 5.22. The molecule has 2 aliphatic rings. The molecule has 8 nitrogen and oxygen atoms in total. The number of nitrogens with zero attached hydrogens (tertiary/aromatic N) is 4. The first-order valence-corrected chi connectivity index (χ1v) is 11.1. The molecule has 0 spiro atoms. The van der Waals surface area contributed by atoms with E-state index in [1.54, 1.807) is 19.6 Å². The van der Waals surface area contributed by atoms with Crippen molar-refractivity contribution in [3.63, 3.8) is 0 Å². The van der Waals surface area contributed by atoms with Crippen LogP contribution >= 0.6 is 0 Å². The van der Waals surface area contributed by atoms with Crippen LogP contribution in [-0.4, -0.2) is 58.3 Å². The first-order chi connectivity index (χ1) is 14.7. The van der Waals surface area contributed by atoms with Gasteiger partial charge in [-0.25, -0.2) is 19.9 Å². The van der Waals surface area contributed by atoms with E-state index in [0.29, 0.717) is 23.9 Å². The quantitative estimate of drug-likeness (QED) is 0.549. The van der Waals surface area contributed by atoms with E-state index < -0.39 is 0 Å². The number of rotatable bonds is 10. The molecule has 2 aromatic rings. The molecule has 2 heterocycles. The molecule has 8 heteroatoms.